The Morgan fingerprint density at radius 3 is 1.52 bits per heavy atom. The fraction of sp³-hybridized carbons (Fsp3) is 0.0455. The average molecular weight is 805 g/mol. The van der Waals surface area contributed by atoms with Crippen molar-refractivity contribution in [2.45, 2.75) is 6.54 Å². The van der Waals surface area contributed by atoms with Crippen molar-refractivity contribution in [1.82, 2.24) is 4.98 Å². The van der Waals surface area contributed by atoms with Gasteiger partial charge in [-0.15, -0.1) is 6.07 Å². The molecule has 0 unspecified atom stereocenters. The van der Waals surface area contributed by atoms with Crippen molar-refractivity contribution in [1.29, 1.82) is 0 Å². The number of aromatic nitrogens is 1. The van der Waals surface area contributed by atoms with Crippen LogP contribution in [-0.4, -0.2) is 17.5 Å². The molecule has 0 spiro atoms. The molecule has 8 heteroatoms. The van der Waals surface area contributed by atoms with Crippen LogP contribution < -0.4 is 31.6 Å². The molecule has 1 aliphatic rings. The molecule has 2 heterocycles. The van der Waals surface area contributed by atoms with Crippen molar-refractivity contribution in [3.63, 3.8) is 0 Å². The van der Waals surface area contributed by atoms with Crippen molar-refractivity contribution in [3.8, 4) is 0 Å². The third kappa shape index (κ3) is 11.0. The standard InChI is InChI=1S/C20H16N3.C18H15P.C6H8N2.ClH.Ru/c1-4-10-17(11-5-1)20-21-23(19-14-8-3-9-15-19)16-22(20)18-12-6-2-7-13-18;1-4-10-16(11-5-1)19(17-12-6-2-7-13-17)18-14-8-3-9-15-18;7-5-6-3-1-2-4-8-6;;/h1-14H,16H2;1-15H;1-4H,5,7H2;1H;/q-1;;;;+2/p-1. The zero-order valence-corrected chi connectivity index (χ0v) is 31.9. The first kappa shape index (κ1) is 38.3. The largest absolute Gasteiger partial charge is 0.304 e. The van der Waals surface area contributed by atoms with Gasteiger partial charge in [0.05, 0.1) is 5.69 Å². The molecule has 7 aromatic rings. The predicted molar refractivity (Wildman–Crippen MR) is 218 cm³/mol. The number of nitrogens with zero attached hydrogens (tertiary/aromatic N) is 4. The van der Waals surface area contributed by atoms with E-state index in [1.54, 1.807) is 6.20 Å². The van der Waals surface area contributed by atoms with E-state index in [4.69, 9.17) is 10.8 Å². The Morgan fingerprint density at radius 2 is 1.08 bits per heavy atom. The van der Waals surface area contributed by atoms with Crippen LogP contribution >= 0.6 is 17.6 Å². The summed E-state index contributed by atoms with van der Waals surface area (Å²) in [7, 11) is 4.12. The van der Waals surface area contributed by atoms with E-state index in [-0.39, 0.29) is 0 Å². The van der Waals surface area contributed by atoms with Gasteiger partial charge in [-0.2, -0.15) is 29.4 Å². The zero-order valence-electron chi connectivity index (χ0n) is 28.5. The van der Waals surface area contributed by atoms with E-state index >= 15 is 0 Å². The van der Waals surface area contributed by atoms with Crippen LogP contribution in [-0.2, 0) is 23.9 Å². The molecule has 6 aromatic carbocycles. The normalized spacial score (nSPS) is 11.6. The molecule has 0 saturated carbocycles. The summed E-state index contributed by atoms with van der Waals surface area (Å²) >= 11 is 1.82. The molecule has 0 saturated heterocycles. The van der Waals surface area contributed by atoms with Gasteiger partial charge in [0.25, 0.3) is 0 Å². The molecule has 0 amide bonds. The number of benzene rings is 6. The van der Waals surface area contributed by atoms with Gasteiger partial charge in [-0.05, 0) is 48.1 Å². The minimum Gasteiger partial charge on any atom is -0.304 e. The second-order valence-corrected chi connectivity index (χ2v) is 13.4. The fourth-order valence-electron chi connectivity index (χ4n) is 5.39. The van der Waals surface area contributed by atoms with Crippen molar-refractivity contribution >= 4 is 50.7 Å². The fourth-order valence-corrected chi connectivity index (χ4v) is 7.69. The van der Waals surface area contributed by atoms with Crippen LogP contribution in [0.4, 0.5) is 11.4 Å². The first-order valence-electron chi connectivity index (χ1n) is 16.7. The van der Waals surface area contributed by atoms with Crippen LogP contribution in [0, 0.1) is 6.07 Å². The van der Waals surface area contributed by atoms with E-state index in [1.807, 2.05) is 89.1 Å². The minimum absolute atomic E-state index is 0.446. The summed E-state index contributed by atoms with van der Waals surface area (Å²) in [4.78, 5) is 6.19. The third-order valence-electron chi connectivity index (χ3n) is 7.80. The van der Waals surface area contributed by atoms with Gasteiger partial charge >= 0.3 is 27.0 Å². The topological polar surface area (TPSA) is 57.8 Å². The Hall–Kier alpha value is -4.96. The molecule has 0 fully saturated rings. The first-order chi connectivity index (χ1) is 25.8. The van der Waals surface area contributed by atoms with Gasteiger partial charge < -0.3 is 10.6 Å². The number of hydrazone groups is 1. The number of anilines is 2. The Bertz CT molecular complexity index is 1920. The molecule has 0 atom stereocenters. The molecule has 260 valence electrons. The van der Waals surface area contributed by atoms with Crippen LogP contribution in [0.3, 0.4) is 0 Å². The number of amidine groups is 1. The monoisotopic (exact) mass is 805 g/mol. The molecule has 8 rings (SSSR count). The maximum Gasteiger partial charge on any atom is 0.162 e. The number of halogens is 1. The van der Waals surface area contributed by atoms with Gasteiger partial charge in [-0.3, -0.25) is 9.99 Å². The summed E-state index contributed by atoms with van der Waals surface area (Å²) in [5.41, 5.74) is 9.44. The summed E-state index contributed by atoms with van der Waals surface area (Å²) < 4.78 is 0. The molecule has 2 N–H and O–H groups in total. The van der Waals surface area contributed by atoms with Crippen molar-refractivity contribution in [2.24, 2.45) is 10.8 Å². The second-order valence-electron chi connectivity index (χ2n) is 11.2. The SMILES string of the molecule is NCc1ccccn1.[Cl][Ru+].[c-]1ccccc1N1CN(c2ccccc2)C(c2ccccc2)=N1.c1ccc(P(c2ccccc2)c2ccccc2)cc1. The first-order valence-corrected chi connectivity index (χ1v) is 20.3. The smallest absolute Gasteiger partial charge is 0.162 e. The molecule has 0 bridgehead atoms. The second kappa shape index (κ2) is 21.4. The van der Waals surface area contributed by atoms with Gasteiger partial charge in [0, 0.05) is 24.0 Å². The molecule has 0 aliphatic carbocycles. The number of para-hydroxylation sites is 2. The summed E-state index contributed by atoms with van der Waals surface area (Å²) in [6, 6.07) is 69.8. The maximum atomic E-state index is 5.29. The van der Waals surface area contributed by atoms with Gasteiger partial charge in [-0.25, -0.2) is 0 Å². The van der Waals surface area contributed by atoms with Crippen LogP contribution in [0.1, 0.15) is 11.3 Å². The van der Waals surface area contributed by atoms with Crippen molar-refractivity contribution in [2.75, 3.05) is 16.6 Å². The molecule has 1 aliphatic heterocycles. The van der Waals surface area contributed by atoms with E-state index in [0.717, 1.165) is 28.5 Å². The van der Waals surface area contributed by atoms with E-state index < -0.39 is 7.92 Å². The molecule has 1 aromatic heterocycles. The Balaban J connectivity index is 0.000000162. The molecule has 52 heavy (non-hydrogen) atoms. The third-order valence-corrected chi connectivity index (χ3v) is 10.2. The average Bonchev–Trinajstić information content (AvgIpc) is 3.71. The number of rotatable bonds is 7. The number of nitrogens with two attached hydrogens (primary N) is 1. The van der Waals surface area contributed by atoms with Crippen LogP contribution in [0.2, 0.25) is 0 Å². The molecular formula is C44H39ClN5PRu. The summed E-state index contributed by atoms with van der Waals surface area (Å²) in [5.74, 6) is 0.953. The minimum atomic E-state index is -0.446. The quantitative estimate of drug-likeness (QED) is 0.0995. The van der Waals surface area contributed by atoms with Crippen LogP contribution in [0.25, 0.3) is 0 Å². The van der Waals surface area contributed by atoms with Gasteiger partial charge in [0.1, 0.15) is 6.67 Å². The maximum absolute atomic E-state index is 5.29. The Morgan fingerprint density at radius 1 is 0.596 bits per heavy atom. The Labute approximate surface area is 322 Å². The molecule has 0 radical (unpaired) electrons. The van der Waals surface area contributed by atoms with E-state index in [2.05, 4.69) is 153 Å². The number of hydrogen-bond acceptors (Lipinski definition) is 5. The number of hydrogen-bond donors (Lipinski definition) is 1. The zero-order chi connectivity index (χ0) is 36.2. The predicted octanol–water partition coefficient (Wildman–Crippen LogP) is 8.80. The summed E-state index contributed by atoms with van der Waals surface area (Å²) in [6.07, 6.45) is 1.74. The van der Waals surface area contributed by atoms with E-state index in [9.17, 15) is 0 Å². The van der Waals surface area contributed by atoms with Crippen molar-refractivity contribution in [3.05, 3.63) is 218 Å². The molecule has 5 nitrogen and oxygen atoms in total. The summed E-state index contributed by atoms with van der Waals surface area (Å²) in [5, 5.41) is 11.0. The van der Waals surface area contributed by atoms with Crippen LogP contribution in [0.15, 0.2) is 205 Å². The van der Waals surface area contributed by atoms with Gasteiger partial charge in [-0.1, -0.05) is 151 Å². The van der Waals surface area contributed by atoms with E-state index in [0.29, 0.717) is 13.2 Å². The van der Waals surface area contributed by atoms with Gasteiger partial charge in [0.2, 0.25) is 0 Å². The van der Waals surface area contributed by atoms with Crippen LogP contribution in [0.5, 0.6) is 0 Å². The molecular weight excluding hydrogens is 766 g/mol. The Kier molecular flexibility index (Phi) is 15.8. The van der Waals surface area contributed by atoms with Gasteiger partial charge in [0.15, 0.2) is 5.84 Å². The summed E-state index contributed by atoms with van der Waals surface area (Å²) in [6.45, 7) is 1.20. The van der Waals surface area contributed by atoms with E-state index in [1.165, 1.54) is 15.9 Å². The van der Waals surface area contributed by atoms with Crippen molar-refractivity contribution < 1.29 is 17.3 Å². The number of pyridine rings is 1.